The van der Waals surface area contributed by atoms with Crippen molar-refractivity contribution in [3.05, 3.63) is 35.4 Å². The molecule has 0 aromatic heterocycles. The van der Waals surface area contributed by atoms with Crippen molar-refractivity contribution in [3.63, 3.8) is 0 Å². The minimum Gasteiger partial charge on any atom is -0.379 e. The van der Waals surface area contributed by atoms with E-state index in [4.69, 9.17) is 4.74 Å². The number of rotatable bonds is 7. The highest BCUT2D eigenvalue weighted by Gasteiger charge is 2.27. The maximum atomic E-state index is 13.6. The number of ether oxygens (including phenoxy) is 1. The normalized spacial score (nSPS) is 13.5. The van der Waals surface area contributed by atoms with Crippen molar-refractivity contribution in [3.8, 4) is 0 Å². The molecule has 0 spiro atoms. The molecule has 1 N–H and O–H groups in total. The van der Waals surface area contributed by atoms with Gasteiger partial charge in [0, 0.05) is 5.56 Å². The molecule has 0 aliphatic heterocycles. The minimum atomic E-state index is -4.29. The maximum Gasteiger partial charge on any atom is 0.391 e. The first-order valence-corrected chi connectivity index (χ1v) is 6.17. The number of hydrogen-bond donors (Lipinski definition) is 1. The summed E-state index contributed by atoms with van der Waals surface area (Å²) in [5.74, 6) is -2.02. The second-order valence-corrected chi connectivity index (χ2v) is 4.19. The lowest BCUT2D eigenvalue weighted by Crippen LogP contribution is -2.27. The molecule has 0 bridgehead atoms. The molecule has 2 nitrogen and oxygen atoms in total. The Morgan fingerprint density at radius 2 is 1.95 bits per heavy atom. The zero-order valence-electron chi connectivity index (χ0n) is 10.9. The van der Waals surface area contributed by atoms with Crippen LogP contribution in [-0.4, -0.2) is 25.9 Å². The van der Waals surface area contributed by atoms with Crippen molar-refractivity contribution in [1.82, 2.24) is 5.32 Å². The lowest BCUT2D eigenvalue weighted by atomic mass is 10.1. The number of hydrogen-bond acceptors (Lipinski definition) is 2. The van der Waals surface area contributed by atoms with E-state index in [1.54, 1.807) is 6.92 Å². The van der Waals surface area contributed by atoms with E-state index in [1.807, 2.05) is 0 Å². The smallest absolute Gasteiger partial charge is 0.379 e. The van der Waals surface area contributed by atoms with E-state index >= 15 is 0 Å². The number of alkyl halides is 3. The summed E-state index contributed by atoms with van der Waals surface area (Å²) < 4.78 is 67.5. The number of halogens is 5. The summed E-state index contributed by atoms with van der Waals surface area (Å²) in [6.45, 7) is 1.52. The summed E-state index contributed by atoms with van der Waals surface area (Å²) in [6, 6.07) is 3.00. The highest BCUT2D eigenvalue weighted by Crippen LogP contribution is 2.22. The molecule has 0 aliphatic carbocycles. The van der Waals surface area contributed by atoms with Crippen LogP contribution in [0.4, 0.5) is 22.0 Å². The fourth-order valence-electron chi connectivity index (χ4n) is 1.68. The Kier molecular flexibility index (Phi) is 6.35. The fraction of sp³-hybridized carbons (Fsp3) is 0.538. The average Bonchev–Trinajstić information content (AvgIpc) is 2.35. The summed E-state index contributed by atoms with van der Waals surface area (Å²) in [7, 11) is 0. The third-order valence-electron chi connectivity index (χ3n) is 2.62. The number of benzene rings is 1. The average molecular weight is 297 g/mol. The van der Waals surface area contributed by atoms with Gasteiger partial charge in [-0.3, -0.25) is 0 Å². The molecule has 1 atom stereocenters. The molecule has 0 aliphatic rings. The molecular formula is C13H16F5NO. The predicted molar refractivity (Wildman–Crippen MR) is 64.3 cm³/mol. The van der Waals surface area contributed by atoms with Crippen LogP contribution in [0.3, 0.4) is 0 Å². The standard InChI is InChI=1S/C13H16F5NO/c1-2-19-11(8-20-7-6-13(16,17)18)9-4-3-5-10(14)12(9)15/h3-5,11,19H,2,6-8H2,1H3. The molecular weight excluding hydrogens is 281 g/mol. The van der Waals surface area contributed by atoms with Crippen LogP contribution in [0.2, 0.25) is 0 Å². The second kappa shape index (κ2) is 7.54. The third-order valence-corrected chi connectivity index (χ3v) is 2.62. The van der Waals surface area contributed by atoms with Gasteiger partial charge >= 0.3 is 6.18 Å². The van der Waals surface area contributed by atoms with Crippen LogP contribution in [0.5, 0.6) is 0 Å². The van der Waals surface area contributed by atoms with Gasteiger partial charge < -0.3 is 10.1 Å². The topological polar surface area (TPSA) is 21.3 Å². The predicted octanol–water partition coefficient (Wildman–Crippen LogP) is 3.58. The van der Waals surface area contributed by atoms with Crippen molar-refractivity contribution in [2.75, 3.05) is 19.8 Å². The van der Waals surface area contributed by atoms with Gasteiger partial charge in [0.2, 0.25) is 0 Å². The van der Waals surface area contributed by atoms with E-state index in [2.05, 4.69) is 5.32 Å². The third kappa shape index (κ3) is 5.42. The summed E-state index contributed by atoms with van der Waals surface area (Å²) >= 11 is 0. The minimum absolute atomic E-state index is 0.0406. The van der Waals surface area contributed by atoms with E-state index in [0.29, 0.717) is 6.54 Å². The van der Waals surface area contributed by atoms with Gasteiger partial charge in [0.25, 0.3) is 0 Å². The Morgan fingerprint density at radius 3 is 2.55 bits per heavy atom. The monoisotopic (exact) mass is 297 g/mol. The molecule has 1 unspecified atom stereocenters. The molecule has 20 heavy (non-hydrogen) atoms. The Hall–Kier alpha value is -1.21. The Balaban J connectivity index is 2.63. The van der Waals surface area contributed by atoms with Gasteiger partial charge in [-0.25, -0.2) is 8.78 Å². The van der Waals surface area contributed by atoms with Crippen LogP contribution >= 0.6 is 0 Å². The molecule has 0 fully saturated rings. The Labute approximate surface area is 113 Å². The zero-order chi connectivity index (χ0) is 15.2. The van der Waals surface area contributed by atoms with Gasteiger partial charge in [-0.2, -0.15) is 13.2 Å². The fourth-order valence-corrected chi connectivity index (χ4v) is 1.68. The lowest BCUT2D eigenvalue weighted by molar-refractivity contribution is -0.145. The Morgan fingerprint density at radius 1 is 1.25 bits per heavy atom. The van der Waals surface area contributed by atoms with Gasteiger partial charge in [-0.05, 0) is 12.6 Å². The quantitative estimate of drug-likeness (QED) is 0.613. The molecule has 7 heteroatoms. The highest BCUT2D eigenvalue weighted by atomic mass is 19.4. The van der Waals surface area contributed by atoms with Gasteiger partial charge in [0.05, 0.1) is 25.7 Å². The van der Waals surface area contributed by atoms with Crippen molar-refractivity contribution < 1.29 is 26.7 Å². The largest absolute Gasteiger partial charge is 0.391 e. The maximum absolute atomic E-state index is 13.6. The van der Waals surface area contributed by atoms with E-state index < -0.39 is 36.9 Å². The molecule has 0 radical (unpaired) electrons. The molecule has 114 valence electrons. The summed E-state index contributed by atoms with van der Waals surface area (Å²) in [5, 5.41) is 2.85. The molecule has 0 heterocycles. The van der Waals surface area contributed by atoms with Crippen molar-refractivity contribution in [2.45, 2.75) is 25.6 Å². The van der Waals surface area contributed by atoms with Gasteiger partial charge in [0.1, 0.15) is 0 Å². The molecule has 0 saturated carbocycles. The Bertz CT molecular complexity index is 422. The van der Waals surface area contributed by atoms with Gasteiger partial charge in [0.15, 0.2) is 11.6 Å². The second-order valence-electron chi connectivity index (χ2n) is 4.19. The van der Waals surface area contributed by atoms with Crippen molar-refractivity contribution in [2.24, 2.45) is 0 Å². The van der Waals surface area contributed by atoms with Crippen LogP contribution in [0.1, 0.15) is 24.9 Å². The van der Waals surface area contributed by atoms with Crippen molar-refractivity contribution >= 4 is 0 Å². The summed E-state index contributed by atoms with van der Waals surface area (Å²) in [5.41, 5.74) is 0.0406. The first-order chi connectivity index (χ1) is 9.35. The van der Waals surface area contributed by atoms with Crippen LogP contribution in [0, 0.1) is 11.6 Å². The van der Waals surface area contributed by atoms with E-state index in [0.717, 1.165) is 6.07 Å². The first kappa shape index (κ1) is 16.8. The molecule has 0 amide bonds. The van der Waals surface area contributed by atoms with Crippen LogP contribution in [0.15, 0.2) is 18.2 Å². The van der Waals surface area contributed by atoms with Gasteiger partial charge in [-0.1, -0.05) is 19.1 Å². The number of nitrogens with one attached hydrogen (secondary N) is 1. The van der Waals surface area contributed by atoms with E-state index in [-0.39, 0.29) is 12.2 Å². The lowest BCUT2D eigenvalue weighted by Gasteiger charge is -2.19. The summed E-state index contributed by atoms with van der Waals surface area (Å²) in [6.07, 6.45) is -5.37. The number of likely N-dealkylation sites (N-methyl/N-ethyl adjacent to an activating group) is 1. The van der Waals surface area contributed by atoms with E-state index in [1.165, 1.54) is 12.1 Å². The zero-order valence-corrected chi connectivity index (χ0v) is 10.9. The molecule has 1 rings (SSSR count). The van der Waals surface area contributed by atoms with Gasteiger partial charge in [-0.15, -0.1) is 0 Å². The van der Waals surface area contributed by atoms with Crippen molar-refractivity contribution in [1.29, 1.82) is 0 Å². The first-order valence-electron chi connectivity index (χ1n) is 6.17. The molecule has 1 aromatic rings. The molecule has 0 saturated heterocycles. The SMILES string of the molecule is CCNC(COCCC(F)(F)F)c1cccc(F)c1F. The van der Waals surface area contributed by atoms with Crippen LogP contribution < -0.4 is 5.32 Å². The van der Waals surface area contributed by atoms with Crippen LogP contribution in [-0.2, 0) is 4.74 Å². The van der Waals surface area contributed by atoms with E-state index in [9.17, 15) is 22.0 Å². The summed E-state index contributed by atoms with van der Waals surface area (Å²) in [4.78, 5) is 0. The molecule has 1 aromatic carbocycles. The highest BCUT2D eigenvalue weighted by molar-refractivity contribution is 5.22. The van der Waals surface area contributed by atoms with Crippen LogP contribution in [0.25, 0.3) is 0 Å².